The molecule has 0 radical (unpaired) electrons. The minimum atomic E-state index is -0.0542. The maximum absolute atomic E-state index is 12.7. The van der Waals surface area contributed by atoms with Gasteiger partial charge in [0, 0.05) is 16.7 Å². The van der Waals surface area contributed by atoms with Crippen LogP contribution < -0.4 is 14.4 Å². The summed E-state index contributed by atoms with van der Waals surface area (Å²) in [5.74, 6) is 1.38. The lowest BCUT2D eigenvalue weighted by molar-refractivity contribution is 0.0937. The van der Waals surface area contributed by atoms with Crippen LogP contribution >= 0.6 is 15.9 Å². The smallest absolute Gasteiger partial charge is 0.264 e. The molecule has 2 aliphatic rings. The van der Waals surface area contributed by atoms with E-state index in [9.17, 15) is 4.79 Å². The third kappa shape index (κ3) is 3.71. The normalized spacial score (nSPS) is 17.1. The maximum atomic E-state index is 12.7. The van der Waals surface area contributed by atoms with Gasteiger partial charge in [-0.15, -0.1) is 0 Å². The monoisotopic (exact) mass is 416 g/mol. The lowest BCUT2D eigenvalue weighted by Gasteiger charge is -2.29. The van der Waals surface area contributed by atoms with Gasteiger partial charge in [0.05, 0.1) is 5.56 Å². The van der Waals surface area contributed by atoms with E-state index < -0.39 is 0 Å². The van der Waals surface area contributed by atoms with Gasteiger partial charge in [0.1, 0.15) is 18.1 Å². The van der Waals surface area contributed by atoms with E-state index >= 15 is 0 Å². The molecule has 5 nitrogen and oxygen atoms in total. The molecule has 0 atom stereocenters. The van der Waals surface area contributed by atoms with E-state index in [1.807, 2.05) is 36.4 Å². The molecule has 2 aliphatic heterocycles. The predicted octanol–water partition coefficient (Wildman–Crippen LogP) is 3.92. The Bertz CT molecular complexity index is 788. The van der Waals surface area contributed by atoms with Crippen LogP contribution in [0.3, 0.4) is 0 Å². The van der Waals surface area contributed by atoms with Crippen LogP contribution in [0.2, 0.25) is 0 Å². The molecule has 0 spiro atoms. The Kier molecular flexibility index (Phi) is 5.13. The summed E-state index contributed by atoms with van der Waals surface area (Å²) in [6.45, 7) is 4.21. The Hall–Kier alpha value is -2.05. The number of rotatable bonds is 5. The van der Waals surface area contributed by atoms with Gasteiger partial charge in [-0.3, -0.25) is 14.6 Å². The van der Waals surface area contributed by atoms with Crippen molar-refractivity contribution in [1.29, 1.82) is 0 Å². The van der Waals surface area contributed by atoms with Crippen LogP contribution in [0.25, 0.3) is 0 Å². The van der Waals surface area contributed by atoms with Crippen LogP contribution in [0, 0.1) is 0 Å². The minimum Gasteiger partial charge on any atom is -0.492 e. The average molecular weight is 417 g/mol. The number of likely N-dealkylation sites (tertiary alicyclic amines) is 1. The number of fused-ring (bicyclic) bond motifs is 1. The van der Waals surface area contributed by atoms with Crippen molar-refractivity contribution in [2.24, 2.45) is 0 Å². The van der Waals surface area contributed by atoms with Gasteiger partial charge in [0.2, 0.25) is 0 Å². The standard InChI is InChI=1S/C20H21BrN2O3/c21-15-3-8-18-19(13-15)26-14-23(20(18)24)16-4-6-17(7-5-16)25-12-11-22-9-1-2-10-22/h3-8,13H,1-2,9-12,14H2. The zero-order valence-electron chi connectivity index (χ0n) is 14.5. The van der Waals surface area contributed by atoms with Crippen molar-refractivity contribution >= 4 is 27.5 Å². The Morgan fingerprint density at radius 1 is 1.08 bits per heavy atom. The number of anilines is 1. The summed E-state index contributed by atoms with van der Waals surface area (Å²) in [6.07, 6.45) is 2.58. The third-order valence-corrected chi connectivity index (χ3v) is 5.28. The van der Waals surface area contributed by atoms with Crippen molar-refractivity contribution in [3.8, 4) is 11.5 Å². The predicted molar refractivity (Wildman–Crippen MR) is 104 cm³/mol. The number of halogens is 1. The van der Waals surface area contributed by atoms with Crippen molar-refractivity contribution in [2.45, 2.75) is 12.8 Å². The molecule has 0 unspecified atom stereocenters. The fourth-order valence-electron chi connectivity index (χ4n) is 3.34. The number of carbonyl (C=O) groups excluding carboxylic acids is 1. The first kappa shape index (κ1) is 17.4. The lowest BCUT2D eigenvalue weighted by Crippen LogP contribution is -2.38. The van der Waals surface area contributed by atoms with E-state index in [2.05, 4.69) is 20.8 Å². The first-order valence-corrected chi connectivity index (χ1v) is 9.69. The summed E-state index contributed by atoms with van der Waals surface area (Å²) in [6, 6.07) is 13.1. The van der Waals surface area contributed by atoms with E-state index in [4.69, 9.17) is 9.47 Å². The second-order valence-corrected chi connectivity index (χ2v) is 7.45. The van der Waals surface area contributed by atoms with Crippen LogP contribution in [0.4, 0.5) is 5.69 Å². The quantitative estimate of drug-likeness (QED) is 0.740. The SMILES string of the molecule is O=C1c2ccc(Br)cc2OCN1c1ccc(OCCN2CCCC2)cc1. The molecule has 1 fully saturated rings. The number of ether oxygens (including phenoxy) is 2. The maximum Gasteiger partial charge on any atom is 0.264 e. The average Bonchev–Trinajstić information content (AvgIpc) is 3.16. The van der Waals surface area contributed by atoms with Crippen LogP contribution in [-0.4, -0.2) is 43.8 Å². The molecule has 0 saturated carbocycles. The van der Waals surface area contributed by atoms with Crippen molar-refractivity contribution < 1.29 is 14.3 Å². The molecule has 0 aromatic heterocycles. The highest BCUT2D eigenvalue weighted by atomic mass is 79.9. The van der Waals surface area contributed by atoms with Crippen LogP contribution in [0.15, 0.2) is 46.9 Å². The number of hydrogen-bond donors (Lipinski definition) is 0. The van der Waals surface area contributed by atoms with Crippen molar-refractivity contribution in [1.82, 2.24) is 4.90 Å². The summed E-state index contributed by atoms with van der Waals surface area (Å²) in [7, 11) is 0. The van der Waals surface area contributed by atoms with Gasteiger partial charge in [-0.25, -0.2) is 0 Å². The van der Waals surface area contributed by atoms with Gasteiger partial charge in [-0.2, -0.15) is 0 Å². The molecular formula is C20H21BrN2O3. The Balaban J connectivity index is 1.39. The Morgan fingerprint density at radius 3 is 2.62 bits per heavy atom. The molecule has 0 N–H and O–H groups in total. The van der Waals surface area contributed by atoms with Crippen molar-refractivity contribution in [2.75, 3.05) is 37.9 Å². The molecule has 1 amide bonds. The van der Waals surface area contributed by atoms with E-state index in [0.29, 0.717) is 17.9 Å². The second kappa shape index (κ2) is 7.68. The molecule has 2 heterocycles. The zero-order valence-corrected chi connectivity index (χ0v) is 16.1. The Labute approximate surface area is 161 Å². The molecule has 1 saturated heterocycles. The highest BCUT2D eigenvalue weighted by Gasteiger charge is 2.26. The fourth-order valence-corrected chi connectivity index (χ4v) is 3.68. The second-order valence-electron chi connectivity index (χ2n) is 6.54. The molecule has 136 valence electrons. The van der Waals surface area contributed by atoms with Crippen molar-refractivity contribution in [3.05, 3.63) is 52.5 Å². The first-order chi connectivity index (χ1) is 12.7. The van der Waals surface area contributed by atoms with Gasteiger partial charge in [0.25, 0.3) is 5.91 Å². The van der Waals surface area contributed by atoms with Crippen LogP contribution in [0.5, 0.6) is 11.5 Å². The number of amides is 1. The van der Waals surface area contributed by atoms with Gasteiger partial charge in [-0.05, 0) is 68.4 Å². The third-order valence-electron chi connectivity index (χ3n) is 4.79. The number of nitrogens with zero attached hydrogens (tertiary/aromatic N) is 2. The molecular weight excluding hydrogens is 396 g/mol. The first-order valence-electron chi connectivity index (χ1n) is 8.90. The van der Waals surface area contributed by atoms with E-state index in [0.717, 1.165) is 22.5 Å². The van der Waals surface area contributed by atoms with Gasteiger partial charge < -0.3 is 9.47 Å². The number of hydrogen-bond acceptors (Lipinski definition) is 4. The van der Waals surface area contributed by atoms with Crippen LogP contribution in [-0.2, 0) is 0 Å². The summed E-state index contributed by atoms with van der Waals surface area (Å²) < 4.78 is 12.5. The molecule has 4 rings (SSSR count). The molecule has 6 heteroatoms. The molecule has 26 heavy (non-hydrogen) atoms. The topological polar surface area (TPSA) is 42.0 Å². The summed E-state index contributed by atoms with van der Waals surface area (Å²) in [5.41, 5.74) is 1.38. The van der Waals surface area contributed by atoms with E-state index in [1.54, 1.807) is 11.0 Å². The largest absolute Gasteiger partial charge is 0.492 e. The highest BCUT2D eigenvalue weighted by Crippen LogP contribution is 2.31. The van der Waals surface area contributed by atoms with E-state index in [1.165, 1.54) is 25.9 Å². The molecule has 0 bridgehead atoms. The minimum absolute atomic E-state index is 0.0542. The van der Waals surface area contributed by atoms with Crippen molar-refractivity contribution in [3.63, 3.8) is 0 Å². The Morgan fingerprint density at radius 2 is 1.85 bits per heavy atom. The summed E-state index contributed by atoms with van der Waals surface area (Å²) in [5, 5.41) is 0. The lowest BCUT2D eigenvalue weighted by atomic mass is 10.1. The molecule has 2 aromatic carbocycles. The molecule has 0 aliphatic carbocycles. The fraction of sp³-hybridized carbons (Fsp3) is 0.350. The van der Waals surface area contributed by atoms with E-state index in [-0.39, 0.29) is 12.6 Å². The number of carbonyl (C=O) groups is 1. The van der Waals surface area contributed by atoms with Gasteiger partial charge in [-0.1, -0.05) is 15.9 Å². The van der Waals surface area contributed by atoms with Gasteiger partial charge >= 0.3 is 0 Å². The number of benzene rings is 2. The zero-order chi connectivity index (χ0) is 17.9. The highest BCUT2D eigenvalue weighted by molar-refractivity contribution is 9.10. The molecule has 2 aromatic rings. The van der Waals surface area contributed by atoms with Gasteiger partial charge in [0.15, 0.2) is 6.73 Å². The summed E-state index contributed by atoms with van der Waals surface area (Å²) >= 11 is 3.40. The van der Waals surface area contributed by atoms with Crippen LogP contribution in [0.1, 0.15) is 23.2 Å². The summed E-state index contributed by atoms with van der Waals surface area (Å²) in [4.78, 5) is 16.8.